The highest BCUT2D eigenvalue weighted by molar-refractivity contribution is 5.90. The molecule has 1 aliphatic rings. The zero-order valence-electron chi connectivity index (χ0n) is 12.5. The Morgan fingerprint density at radius 2 is 2.17 bits per heavy atom. The van der Waals surface area contributed by atoms with Crippen LogP contribution in [0.1, 0.15) is 12.5 Å². The molecule has 7 nitrogen and oxygen atoms in total. The fourth-order valence-electron chi connectivity index (χ4n) is 2.86. The van der Waals surface area contributed by atoms with Gasteiger partial charge < -0.3 is 14.6 Å². The third-order valence-corrected chi connectivity index (χ3v) is 4.00. The van der Waals surface area contributed by atoms with Crippen LogP contribution in [0.25, 0.3) is 11.1 Å². The van der Waals surface area contributed by atoms with Gasteiger partial charge in [0, 0.05) is 13.1 Å². The topological polar surface area (TPSA) is 84.5 Å². The molecule has 1 aliphatic heterocycles. The van der Waals surface area contributed by atoms with Gasteiger partial charge in [-0.1, -0.05) is 18.7 Å². The number of rotatable bonds is 4. The minimum atomic E-state index is -0.412. The van der Waals surface area contributed by atoms with Gasteiger partial charge in [0.25, 0.3) is 0 Å². The van der Waals surface area contributed by atoms with Gasteiger partial charge in [0.2, 0.25) is 11.8 Å². The summed E-state index contributed by atoms with van der Waals surface area (Å²) in [5.74, 6) is -0.972. The van der Waals surface area contributed by atoms with Gasteiger partial charge in [-0.3, -0.25) is 14.2 Å². The predicted molar refractivity (Wildman–Crippen MR) is 83.9 cm³/mol. The van der Waals surface area contributed by atoms with E-state index >= 15 is 0 Å². The maximum absolute atomic E-state index is 12.1. The molecular formula is C16H17N3O4. The van der Waals surface area contributed by atoms with E-state index in [1.54, 1.807) is 15.5 Å². The number of nitrogens with one attached hydrogen (secondary N) is 1. The molecule has 1 unspecified atom stereocenters. The largest absolute Gasteiger partial charge is 0.420 e. The lowest BCUT2D eigenvalue weighted by molar-refractivity contribution is -0.131. The van der Waals surface area contributed by atoms with Crippen LogP contribution in [0, 0.1) is 0 Å². The van der Waals surface area contributed by atoms with Crippen LogP contribution in [0.3, 0.4) is 0 Å². The standard InChI is InChI=1S/C16H17N3O4/c1-2-14(20)17-9-15(21)18-8-7-11(10-18)19-12-5-3-4-6-13(12)23-16(19)22/h2-6,11H,1,7-10H2,(H,17,20). The molecule has 0 aliphatic carbocycles. The van der Waals surface area contributed by atoms with Gasteiger partial charge in [-0.25, -0.2) is 4.79 Å². The van der Waals surface area contributed by atoms with Gasteiger partial charge >= 0.3 is 5.76 Å². The average Bonchev–Trinajstić information content (AvgIpc) is 3.15. The molecule has 1 aromatic heterocycles. The minimum absolute atomic E-state index is 0.0708. The number of fused-ring (bicyclic) bond motifs is 1. The van der Waals surface area contributed by atoms with Gasteiger partial charge in [0.1, 0.15) is 0 Å². The van der Waals surface area contributed by atoms with Gasteiger partial charge in [0.15, 0.2) is 5.58 Å². The Balaban J connectivity index is 1.73. The summed E-state index contributed by atoms with van der Waals surface area (Å²) in [6.07, 6.45) is 1.79. The first kappa shape index (κ1) is 15.1. The Labute approximate surface area is 132 Å². The average molecular weight is 315 g/mol. The van der Waals surface area contributed by atoms with Gasteiger partial charge in [0.05, 0.1) is 18.1 Å². The molecule has 1 saturated heterocycles. The first-order chi connectivity index (χ1) is 11.1. The highest BCUT2D eigenvalue weighted by Gasteiger charge is 2.29. The molecule has 7 heteroatoms. The Hall–Kier alpha value is -2.83. The Morgan fingerprint density at radius 1 is 1.39 bits per heavy atom. The number of oxazole rings is 1. The van der Waals surface area contributed by atoms with Crippen molar-refractivity contribution < 1.29 is 14.0 Å². The Bertz CT molecular complexity index is 820. The van der Waals surface area contributed by atoms with E-state index in [1.807, 2.05) is 18.2 Å². The van der Waals surface area contributed by atoms with Crippen molar-refractivity contribution in [3.8, 4) is 0 Å². The number of hydrogen-bond acceptors (Lipinski definition) is 4. The van der Waals surface area contributed by atoms with Crippen molar-refractivity contribution in [3.63, 3.8) is 0 Å². The lowest BCUT2D eigenvalue weighted by atomic mass is 10.2. The van der Waals surface area contributed by atoms with Crippen LogP contribution in [-0.4, -0.2) is 40.9 Å². The van der Waals surface area contributed by atoms with Gasteiger partial charge in [-0.15, -0.1) is 0 Å². The number of para-hydroxylation sites is 2. The van der Waals surface area contributed by atoms with E-state index in [0.717, 1.165) is 11.6 Å². The maximum atomic E-state index is 12.1. The second-order valence-corrected chi connectivity index (χ2v) is 5.41. The van der Waals surface area contributed by atoms with E-state index in [-0.39, 0.29) is 24.4 Å². The Morgan fingerprint density at radius 3 is 2.96 bits per heavy atom. The summed E-state index contributed by atoms with van der Waals surface area (Å²) in [5, 5.41) is 2.46. The van der Waals surface area contributed by atoms with Crippen molar-refractivity contribution in [1.29, 1.82) is 0 Å². The second kappa shape index (κ2) is 6.12. The quantitative estimate of drug-likeness (QED) is 0.841. The summed E-state index contributed by atoms with van der Waals surface area (Å²) in [7, 11) is 0. The third kappa shape index (κ3) is 2.90. The second-order valence-electron chi connectivity index (χ2n) is 5.41. The van der Waals surface area contributed by atoms with Crippen molar-refractivity contribution in [3.05, 3.63) is 47.5 Å². The van der Waals surface area contributed by atoms with E-state index in [9.17, 15) is 14.4 Å². The number of carbonyl (C=O) groups excluding carboxylic acids is 2. The molecule has 0 spiro atoms. The number of nitrogens with zero attached hydrogens (tertiary/aromatic N) is 2. The van der Waals surface area contributed by atoms with Crippen molar-refractivity contribution in [1.82, 2.24) is 14.8 Å². The van der Waals surface area contributed by atoms with Crippen LogP contribution in [-0.2, 0) is 9.59 Å². The summed E-state index contributed by atoms with van der Waals surface area (Å²) in [6, 6.07) is 7.11. The molecular weight excluding hydrogens is 298 g/mol. The molecule has 23 heavy (non-hydrogen) atoms. The zero-order valence-corrected chi connectivity index (χ0v) is 12.5. The van der Waals surface area contributed by atoms with E-state index in [0.29, 0.717) is 25.1 Å². The number of amides is 2. The zero-order chi connectivity index (χ0) is 16.4. The van der Waals surface area contributed by atoms with Crippen LogP contribution in [0.15, 0.2) is 46.1 Å². The summed E-state index contributed by atoms with van der Waals surface area (Å²) < 4.78 is 6.84. The number of carbonyl (C=O) groups is 2. The van der Waals surface area contributed by atoms with E-state index in [4.69, 9.17) is 4.42 Å². The van der Waals surface area contributed by atoms with Crippen molar-refractivity contribution in [2.24, 2.45) is 0 Å². The normalized spacial score (nSPS) is 17.4. The van der Waals surface area contributed by atoms with Crippen LogP contribution in [0.4, 0.5) is 0 Å². The lowest BCUT2D eigenvalue weighted by Crippen LogP contribution is -2.38. The van der Waals surface area contributed by atoms with Crippen molar-refractivity contribution in [2.45, 2.75) is 12.5 Å². The molecule has 0 saturated carbocycles. The molecule has 2 aromatic rings. The van der Waals surface area contributed by atoms with Crippen LogP contribution in [0.5, 0.6) is 0 Å². The fourth-order valence-corrected chi connectivity index (χ4v) is 2.86. The summed E-state index contributed by atoms with van der Waals surface area (Å²) in [6.45, 7) is 4.23. The number of likely N-dealkylation sites (tertiary alicyclic amines) is 1. The monoisotopic (exact) mass is 315 g/mol. The first-order valence-corrected chi connectivity index (χ1v) is 7.38. The first-order valence-electron chi connectivity index (χ1n) is 7.38. The molecule has 1 fully saturated rings. The minimum Gasteiger partial charge on any atom is -0.408 e. The van der Waals surface area contributed by atoms with E-state index < -0.39 is 5.76 Å². The number of hydrogen-bond donors (Lipinski definition) is 1. The van der Waals surface area contributed by atoms with Gasteiger partial charge in [-0.2, -0.15) is 0 Å². The van der Waals surface area contributed by atoms with E-state index in [2.05, 4.69) is 11.9 Å². The van der Waals surface area contributed by atoms with Crippen molar-refractivity contribution >= 4 is 22.9 Å². The lowest BCUT2D eigenvalue weighted by Gasteiger charge is -2.17. The molecule has 2 heterocycles. The highest BCUT2D eigenvalue weighted by Crippen LogP contribution is 2.24. The molecule has 120 valence electrons. The number of benzene rings is 1. The van der Waals surface area contributed by atoms with Crippen LogP contribution in [0.2, 0.25) is 0 Å². The molecule has 1 aromatic carbocycles. The molecule has 1 atom stereocenters. The molecule has 2 amide bonds. The summed E-state index contributed by atoms with van der Waals surface area (Å²) in [4.78, 5) is 36.9. The molecule has 0 radical (unpaired) electrons. The van der Waals surface area contributed by atoms with Gasteiger partial charge in [-0.05, 0) is 24.6 Å². The van der Waals surface area contributed by atoms with E-state index in [1.165, 1.54) is 0 Å². The highest BCUT2D eigenvalue weighted by atomic mass is 16.4. The third-order valence-electron chi connectivity index (χ3n) is 4.00. The van der Waals surface area contributed by atoms with Crippen LogP contribution >= 0.6 is 0 Å². The molecule has 0 bridgehead atoms. The summed E-state index contributed by atoms with van der Waals surface area (Å²) >= 11 is 0. The predicted octanol–water partition coefficient (Wildman–Crippen LogP) is 0.670. The fraction of sp³-hybridized carbons (Fsp3) is 0.312. The Kier molecular flexibility index (Phi) is 4.01. The molecule has 3 rings (SSSR count). The van der Waals surface area contributed by atoms with Crippen LogP contribution < -0.4 is 11.1 Å². The smallest absolute Gasteiger partial charge is 0.408 e. The molecule has 1 N–H and O–H groups in total. The maximum Gasteiger partial charge on any atom is 0.420 e. The SMILES string of the molecule is C=CC(=O)NCC(=O)N1CCC(n2c(=O)oc3ccccc32)C1. The number of aromatic nitrogens is 1. The summed E-state index contributed by atoms with van der Waals surface area (Å²) in [5.41, 5.74) is 1.28. The van der Waals surface area contributed by atoms with Crippen molar-refractivity contribution in [2.75, 3.05) is 19.6 Å².